The minimum Gasteiger partial charge on any atom is -0.381 e. The van der Waals surface area contributed by atoms with E-state index in [2.05, 4.69) is 63.4 Å². The van der Waals surface area contributed by atoms with Crippen LogP contribution in [0.1, 0.15) is 18.1 Å². The summed E-state index contributed by atoms with van der Waals surface area (Å²) in [6.07, 6.45) is 3.22. The van der Waals surface area contributed by atoms with E-state index >= 15 is 0 Å². The Kier molecular flexibility index (Phi) is 5.66. The highest BCUT2D eigenvalue weighted by atomic mass is 16.5. The van der Waals surface area contributed by atoms with Crippen molar-refractivity contribution in [3.8, 4) is 0 Å². The van der Waals surface area contributed by atoms with Crippen molar-refractivity contribution < 1.29 is 9.53 Å². The predicted octanol–water partition coefficient (Wildman–Crippen LogP) is 3.49. The molecule has 5 rings (SSSR count). The smallest absolute Gasteiger partial charge is 0.223 e. The van der Waals surface area contributed by atoms with Crippen LogP contribution >= 0.6 is 0 Å². The van der Waals surface area contributed by atoms with Gasteiger partial charge < -0.3 is 19.5 Å². The molecule has 162 valence electrons. The number of hydrogen-bond acceptors (Lipinski definition) is 4. The van der Waals surface area contributed by atoms with E-state index in [1.165, 1.54) is 22.0 Å². The Labute approximate surface area is 183 Å². The zero-order valence-electron chi connectivity index (χ0n) is 18.1. The third-order valence-corrected chi connectivity index (χ3v) is 6.47. The average Bonchev–Trinajstić information content (AvgIpc) is 3.38. The fourth-order valence-electron chi connectivity index (χ4n) is 4.76. The first-order valence-electron chi connectivity index (χ1n) is 11.2. The second kappa shape index (κ2) is 8.73. The van der Waals surface area contributed by atoms with Crippen molar-refractivity contribution in [3.05, 3.63) is 59.8 Å². The fraction of sp³-hybridized carbons (Fsp3) is 0.400. The lowest BCUT2D eigenvalue weighted by molar-refractivity contribution is -0.116. The van der Waals surface area contributed by atoms with Crippen LogP contribution in [0.2, 0.25) is 0 Å². The normalized spacial score (nSPS) is 16.6. The van der Waals surface area contributed by atoms with Crippen molar-refractivity contribution in [2.24, 2.45) is 0 Å². The molecule has 0 aliphatic carbocycles. The maximum atomic E-state index is 11.8. The van der Waals surface area contributed by atoms with Gasteiger partial charge in [0.2, 0.25) is 5.91 Å². The van der Waals surface area contributed by atoms with E-state index in [0.717, 1.165) is 70.3 Å². The minimum atomic E-state index is 0.115. The van der Waals surface area contributed by atoms with Gasteiger partial charge in [0.15, 0.2) is 0 Å². The third kappa shape index (κ3) is 4.18. The summed E-state index contributed by atoms with van der Waals surface area (Å²) in [5.41, 5.74) is 6.00. The summed E-state index contributed by atoms with van der Waals surface area (Å²) >= 11 is 0. The van der Waals surface area contributed by atoms with Crippen molar-refractivity contribution in [2.45, 2.75) is 26.4 Å². The number of ether oxygens (including phenoxy) is 1. The topological polar surface area (TPSA) is 49.7 Å². The van der Waals surface area contributed by atoms with Gasteiger partial charge in [-0.3, -0.25) is 9.69 Å². The van der Waals surface area contributed by atoms with Crippen molar-refractivity contribution in [2.75, 3.05) is 49.6 Å². The van der Waals surface area contributed by atoms with Crippen molar-refractivity contribution in [3.63, 3.8) is 0 Å². The molecule has 31 heavy (non-hydrogen) atoms. The number of carbonyl (C=O) groups is 1. The maximum Gasteiger partial charge on any atom is 0.223 e. The lowest BCUT2D eigenvalue weighted by Gasteiger charge is -2.26. The highest BCUT2D eigenvalue weighted by Crippen LogP contribution is 2.31. The van der Waals surface area contributed by atoms with E-state index in [1.807, 2.05) is 4.90 Å². The molecular weight excluding hydrogens is 388 g/mol. The number of fused-ring (bicyclic) bond motifs is 2. The predicted molar refractivity (Wildman–Crippen MR) is 125 cm³/mol. The van der Waals surface area contributed by atoms with Crippen molar-refractivity contribution >= 4 is 28.2 Å². The number of hydrogen-bond donors (Lipinski definition) is 1. The largest absolute Gasteiger partial charge is 0.381 e. The van der Waals surface area contributed by atoms with Gasteiger partial charge in [-0.15, -0.1) is 0 Å². The van der Waals surface area contributed by atoms with Crippen LogP contribution in [-0.4, -0.2) is 54.8 Å². The molecule has 2 aromatic carbocycles. The van der Waals surface area contributed by atoms with Gasteiger partial charge >= 0.3 is 0 Å². The maximum absolute atomic E-state index is 11.8. The zero-order chi connectivity index (χ0) is 21.2. The molecule has 0 radical (unpaired) electrons. The molecule has 1 amide bonds. The number of anilines is 2. The van der Waals surface area contributed by atoms with E-state index in [0.29, 0.717) is 0 Å². The molecule has 1 aromatic heterocycles. The Morgan fingerprint density at radius 1 is 1.06 bits per heavy atom. The summed E-state index contributed by atoms with van der Waals surface area (Å²) in [6.45, 7) is 8.95. The molecule has 2 aliphatic rings. The second-order valence-electron chi connectivity index (χ2n) is 8.44. The number of amides is 1. The Balaban J connectivity index is 1.30. The monoisotopic (exact) mass is 418 g/mol. The van der Waals surface area contributed by atoms with E-state index < -0.39 is 0 Å². The molecule has 6 nitrogen and oxygen atoms in total. The first kappa shape index (κ1) is 20.1. The Morgan fingerprint density at radius 3 is 2.74 bits per heavy atom. The van der Waals surface area contributed by atoms with Crippen LogP contribution in [0.5, 0.6) is 0 Å². The second-order valence-corrected chi connectivity index (χ2v) is 8.44. The quantitative estimate of drug-likeness (QED) is 0.666. The highest BCUT2D eigenvalue weighted by molar-refractivity contribution is 5.94. The molecular formula is C25H30N4O2. The SMILES string of the molecule is CC(=O)N1CCc2cc(NCc3cn(CCN4CCOCC4)c4ccccc34)ccc21. The minimum absolute atomic E-state index is 0.115. The van der Waals surface area contributed by atoms with Crippen LogP contribution < -0.4 is 10.2 Å². The first-order chi connectivity index (χ1) is 15.2. The number of morpholine rings is 1. The van der Waals surface area contributed by atoms with Gasteiger partial charge in [0, 0.05) is 74.7 Å². The van der Waals surface area contributed by atoms with Crippen molar-refractivity contribution in [1.82, 2.24) is 9.47 Å². The number of para-hydroxylation sites is 1. The van der Waals surface area contributed by atoms with Gasteiger partial charge in [-0.05, 0) is 41.8 Å². The van der Waals surface area contributed by atoms with Crippen LogP contribution in [-0.2, 0) is 29.0 Å². The molecule has 0 unspecified atom stereocenters. The first-order valence-corrected chi connectivity index (χ1v) is 11.2. The third-order valence-electron chi connectivity index (χ3n) is 6.47. The Hall–Kier alpha value is -2.83. The molecule has 6 heteroatoms. The zero-order valence-corrected chi connectivity index (χ0v) is 18.1. The summed E-state index contributed by atoms with van der Waals surface area (Å²) in [6, 6.07) is 15.0. The molecule has 3 heterocycles. The Bertz CT molecular complexity index is 1080. The summed E-state index contributed by atoms with van der Waals surface area (Å²) in [4.78, 5) is 16.1. The van der Waals surface area contributed by atoms with E-state index in [4.69, 9.17) is 4.74 Å². The van der Waals surface area contributed by atoms with E-state index in [1.54, 1.807) is 6.92 Å². The number of aromatic nitrogens is 1. The molecule has 1 fully saturated rings. The number of nitrogens with zero attached hydrogens (tertiary/aromatic N) is 3. The number of carbonyl (C=O) groups excluding carboxylic acids is 1. The van der Waals surface area contributed by atoms with Crippen molar-refractivity contribution in [1.29, 1.82) is 0 Å². The Morgan fingerprint density at radius 2 is 1.90 bits per heavy atom. The molecule has 2 aliphatic heterocycles. The average molecular weight is 419 g/mol. The summed E-state index contributed by atoms with van der Waals surface area (Å²) in [5.74, 6) is 0.115. The molecule has 3 aromatic rings. The van der Waals surface area contributed by atoms with Gasteiger partial charge in [0.1, 0.15) is 0 Å². The van der Waals surface area contributed by atoms with Gasteiger partial charge in [-0.1, -0.05) is 18.2 Å². The van der Waals surface area contributed by atoms with Crippen LogP contribution in [0.4, 0.5) is 11.4 Å². The molecule has 0 spiro atoms. The van der Waals surface area contributed by atoms with Gasteiger partial charge in [0.25, 0.3) is 0 Å². The summed E-state index contributed by atoms with van der Waals surface area (Å²) in [7, 11) is 0. The summed E-state index contributed by atoms with van der Waals surface area (Å²) in [5, 5.41) is 4.91. The lowest BCUT2D eigenvalue weighted by Crippen LogP contribution is -2.38. The van der Waals surface area contributed by atoms with E-state index in [9.17, 15) is 4.79 Å². The standard InChI is InChI=1S/C25H30N4O2/c1-19(30)29-9-8-20-16-22(6-7-24(20)29)26-17-21-18-28(25-5-3-2-4-23(21)25)11-10-27-12-14-31-15-13-27/h2-7,16,18,26H,8-15,17H2,1H3. The van der Waals surface area contributed by atoms with E-state index in [-0.39, 0.29) is 5.91 Å². The highest BCUT2D eigenvalue weighted by Gasteiger charge is 2.22. The van der Waals surface area contributed by atoms with Crippen LogP contribution in [0.15, 0.2) is 48.7 Å². The lowest BCUT2D eigenvalue weighted by atomic mass is 10.1. The summed E-state index contributed by atoms with van der Waals surface area (Å²) < 4.78 is 7.85. The van der Waals surface area contributed by atoms with Crippen LogP contribution in [0.25, 0.3) is 10.9 Å². The van der Waals surface area contributed by atoms with Gasteiger partial charge in [0.05, 0.1) is 13.2 Å². The number of benzene rings is 2. The molecule has 1 saturated heterocycles. The number of rotatable bonds is 6. The molecule has 0 bridgehead atoms. The fourth-order valence-corrected chi connectivity index (χ4v) is 4.76. The van der Waals surface area contributed by atoms with Crippen LogP contribution in [0, 0.1) is 0 Å². The van der Waals surface area contributed by atoms with Gasteiger partial charge in [-0.2, -0.15) is 0 Å². The molecule has 0 saturated carbocycles. The van der Waals surface area contributed by atoms with Gasteiger partial charge in [-0.25, -0.2) is 0 Å². The number of nitrogens with one attached hydrogen (secondary N) is 1. The molecule has 0 atom stereocenters. The molecule has 1 N–H and O–H groups in total. The van der Waals surface area contributed by atoms with Crippen LogP contribution in [0.3, 0.4) is 0 Å².